The fourth-order valence-corrected chi connectivity index (χ4v) is 3.64. The van der Waals surface area contributed by atoms with Crippen LogP contribution in [0, 0.1) is 5.82 Å². The van der Waals surface area contributed by atoms with E-state index in [1.165, 1.54) is 0 Å². The predicted octanol–water partition coefficient (Wildman–Crippen LogP) is 4.59. The lowest BCUT2D eigenvalue weighted by Gasteiger charge is -2.23. The molecule has 1 aliphatic heterocycles. The fraction of sp³-hybridized carbons (Fsp3) is 0.333. The third-order valence-electron chi connectivity index (χ3n) is 5.73. The van der Waals surface area contributed by atoms with Gasteiger partial charge in [0.1, 0.15) is 5.82 Å². The van der Waals surface area contributed by atoms with E-state index in [9.17, 15) is 40.6 Å². The summed E-state index contributed by atoms with van der Waals surface area (Å²) in [4.78, 5) is 17.4. The second-order valence-electron chi connectivity index (χ2n) is 8.54. The van der Waals surface area contributed by atoms with Gasteiger partial charge >= 0.3 is 18.4 Å². The maximum Gasteiger partial charge on any atom is 0.420 e. The molecule has 2 aromatic carbocycles. The van der Waals surface area contributed by atoms with Crippen molar-refractivity contribution in [2.45, 2.75) is 24.4 Å². The van der Waals surface area contributed by atoms with E-state index in [1.807, 2.05) is 0 Å². The number of allylic oxidation sites excluding steroid dienone is 1. The molecule has 206 valence electrons. The highest BCUT2D eigenvalue weighted by Crippen LogP contribution is 2.44. The first-order valence-electron chi connectivity index (χ1n) is 11.0. The summed E-state index contributed by atoms with van der Waals surface area (Å²) in [5.41, 5.74) is -0.468. The number of carbonyl (C=O) groups is 1. The molecule has 1 atom stereocenters. The average Bonchev–Trinajstić information content (AvgIpc) is 3.27. The molecule has 14 heteroatoms. The fourth-order valence-electron chi connectivity index (χ4n) is 3.64. The van der Waals surface area contributed by atoms with E-state index < -0.39 is 57.9 Å². The highest BCUT2D eigenvalue weighted by molar-refractivity contribution is 6.11. The van der Waals surface area contributed by atoms with E-state index in [4.69, 9.17) is 10.5 Å². The summed E-state index contributed by atoms with van der Waals surface area (Å²) < 4.78 is 101. The van der Waals surface area contributed by atoms with Crippen molar-refractivity contribution in [3.63, 3.8) is 0 Å². The molecule has 1 aliphatic rings. The molecule has 0 aromatic heterocycles. The largest absolute Gasteiger partial charge is 0.420 e. The highest BCUT2D eigenvalue weighted by atomic mass is 19.4. The molecule has 0 saturated carbocycles. The number of alkyl halides is 6. The van der Waals surface area contributed by atoms with E-state index in [-0.39, 0.29) is 24.8 Å². The molecular formula is C24H23F7N4O3. The number of rotatable bonds is 6. The molecule has 0 spiro atoms. The number of anilines is 1. The van der Waals surface area contributed by atoms with Crippen LogP contribution in [-0.4, -0.2) is 49.7 Å². The number of amides is 1. The molecule has 4 N–H and O–H groups in total. The number of hydrogen-bond donors (Lipinski definition) is 3. The first-order chi connectivity index (χ1) is 17.6. The number of β-amino-alcohol motifs (C(OH)–C–C–N with tert-alkyl or cyclic N) is 1. The minimum absolute atomic E-state index is 0.0352. The van der Waals surface area contributed by atoms with Crippen molar-refractivity contribution in [2.24, 2.45) is 10.7 Å². The number of nitrogens with one attached hydrogen (secondary N) is 1. The highest BCUT2D eigenvalue weighted by Gasteiger charge is 2.41. The van der Waals surface area contributed by atoms with Crippen molar-refractivity contribution in [2.75, 3.05) is 31.6 Å². The Morgan fingerprint density at radius 1 is 1.18 bits per heavy atom. The number of aliphatic hydroxyl groups is 1. The van der Waals surface area contributed by atoms with Crippen LogP contribution in [0.15, 0.2) is 47.6 Å². The van der Waals surface area contributed by atoms with Gasteiger partial charge in [-0.25, -0.2) is 9.18 Å². The van der Waals surface area contributed by atoms with Crippen LogP contribution in [0.25, 0.3) is 5.57 Å². The second kappa shape index (κ2) is 11.0. The number of halogens is 7. The number of aliphatic imine (C=N–C) groups is 1. The number of hydrogen-bond acceptors (Lipinski definition) is 6. The summed E-state index contributed by atoms with van der Waals surface area (Å²) in [5, 5.41) is 13.3. The van der Waals surface area contributed by atoms with Crippen molar-refractivity contribution in [1.29, 1.82) is 0 Å². The third kappa shape index (κ3) is 6.81. The summed E-state index contributed by atoms with van der Waals surface area (Å²) in [7, 11) is 1.12. The molecule has 1 fully saturated rings. The first kappa shape index (κ1) is 28.9. The Hall–Kier alpha value is -3.65. The van der Waals surface area contributed by atoms with Crippen molar-refractivity contribution < 1.29 is 45.4 Å². The van der Waals surface area contributed by atoms with Crippen LogP contribution in [0.5, 0.6) is 5.75 Å². The lowest BCUT2D eigenvalue weighted by molar-refractivity contribution is -0.143. The standard InChI is InChI=1S/C24H23F7N4O3/c1-35(17-4-2-16(25)3-5-17)21(36)38-20-18(8-15(23(26,27)28)9-19(20)24(29,30)31)14(10-32)11-34-13-22(37)6-7-33-12-22/h2-5,8-11,33,37H,6-7,12-13,32H2,1H3. The van der Waals surface area contributed by atoms with E-state index >= 15 is 0 Å². The number of nitrogens with two attached hydrogens (primary N) is 1. The average molecular weight is 548 g/mol. The van der Waals surface area contributed by atoms with Crippen molar-refractivity contribution in [1.82, 2.24) is 5.32 Å². The Bertz CT molecular complexity index is 1220. The normalized spacial score (nSPS) is 18.7. The molecule has 1 saturated heterocycles. The lowest BCUT2D eigenvalue weighted by atomic mass is 9.98. The van der Waals surface area contributed by atoms with Gasteiger partial charge in [0.15, 0.2) is 5.75 Å². The zero-order chi connectivity index (χ0) is 28.3. The van der Waals surface area contributed by atoms with Crippen LogP contribution in [0.4, 0.5) is 41.2 Å². The van der Waals surface area contributed by atoms with Gasteiger partial charge in [0, 0.05) is 42.8 Å². The maximum atomic E-state index is 14.0. The van der Waals surface area contributed by atoms with Crippen LogP contribution in [0.2, 0.25) is 0 Å². The topological polar surface area (TPSA) is 100 Å². The SMILES string of the molecule is CN(C(=O)Oc1c(C(C=NCC2(O)CCNC2)=CN)cc(C(F)(F)F)cc1C(F)(F)F)c1ccc(F)cc1. The third-order valence-corrected chi connectivity index (χ3v) is 5.73. The molecule has 0 radical (unpaired) electrons. The summed E-state index contributed by atoms with van der Waals surface area (Å²) in [6, 6.07) is 4.45. The Labute approximate surface area is 212 Å². The molecule has 1 amide bonds. The maximum absolute atomic E-state index is 14.0. The van der Waals surface area contributed by atoms with Gasteiger partial charge in [-0.3, -0.25) is 9.89 Å². The zero-order valence-corrected chi connectivity index (χ0v) is 19.8. The summed E-state index contributed by atoms with van der Waals surface area (Å²) in [6.45, 7) is 0.465. The van der Waals surface area contributed by atoms with E-state index in [0.29, 0.717) is 25.2 Å². The number of benzene rings is 2. The van der Waals surface area contributed by atoms with Crippen molar-refractivity contribution in [3.8, 4) is 5.75 Å². The summed E-state index contributed by atoms with van der Waals surface area (Å²) >= 11 is 0. The smallest absolute Gasteiger partial charge is 0.409 e. The van der Waals surface area contributed by atoms with Gasteiger partial charge in [0.25, 0.3) is 0 Å². The minimum atomic E-state index is -5.37. The van der Waals surface area contributed by atoms with Gasteiger partial charge in [-0.15, -0.1) is 0 Å². The van der Waals surface area contributed by atoms with Crippen LogP contribution >= 0.6 is 0 Å². The quantitative estimate of drug-likeness (QED) is 0.362. The second-order valence-corrected chi connectivity index (χ2v) is 8.54. The van der Waals surface area contributed by atoms with Gasteiger partial charge in [0.05, 0.1) is 23.3 Å². The van der Waals surface area contributed by atoms with Gasteiger partial charge in [-0.2, -0.15) is 26.3 Å². The minimum Gasteiger partial charge on any atom is -0.409 e. The Balaban J connectivity index is 2.09. The van der Waals surface area contributed by atoms with Gasteiger partial charge in [-0.05, 0) is 49.4 Å². The molecule has 2 aromatic rings. The summed E-state index contributed by atoms with van der Waals surface area (Å²) in [6.07, 6.45) is -10.0. The molecule has 0 bridgehead atoms. The van der Waals surface area contributed by atoms with Crippen LogP contribution in [0.1, 0.15) is 23.1 Å². The molecule has 7 nitrogen and oxygen atoms in total. The molecule has 1 heterocycles. The predicted molar refractivity (Wildman–Crippen MR) is 125 cm³/mol. The van der Waals surface area contributed by atoms with E-state index in [0.717, 1.165) is 42.4 Å². The van der Waals surface area contributed by atoms with Gasteiger partial charge in [-0.1, -0.05) is 0 Å². The monoisotopic (exact) mass is 548 g/mol. The first-order valence-corrected chi connectivity index (χ1v) is 11.0. The van der Waals surface area contributed by atoms with Crippen molar-refractivity contribution >= 4 is 23.6 Å². The molecule has 0 aliphatic carbocycles. The number of carbonyl (C=O) groups excluding carboxylic acids is 1. The van der Waals surface area contributed by atoms with E-state index in [2.05, 4.69) is 10.3 Å². The van der Waals surface area contributed by atoms with Crippen molar-refractivity contribution in [3.05, 3.63) is 65.1 Å². The number of nitrogens with zero attached hydrogens (tertiary/aromatic N) is 2. The Morgan fingerprint density at radius 2 is 1.84 bits per heavy atom. The lowest BCUT2D eigenvalue weighted by Crippen LogP contribution is -2.34. The van der Waals surface area contributed by atoms with Crippen LogP contribution < -0.4 is 20.7 Å². The van der Waals surface area contributed by atoms with Crippen LogP contribution in [-0.2, 0) is 12.4 Å². The molecule has 38 heavy (non-hydrogen) atoms. The van der Waals surface area contributed by atoms with E-state index in [1.54, 1.807) is 0 Å². The molecular weight excluding hydrogens is 525 g/mol. The number of ether oxygens (including phenoxy) is 1. The van der Waals surface area contributed by atoms with Gasteiger partial charge < -0.3 is 20.9 Å². The Kier molecular flexibility index (Phi) is 8.36. The van der Waals surface area contributed by atoms with Crippen LogP contribution in [0.3, 0.4) is 0 Å². The molecule has 3 rings (SSSR count). The molecule has 1 unspecified atom stereocenters. The van der Waals surface area contributed by atoms with Gasteiger partial charge in [0.2, 0.25) is 0 Å². The zero-order valence-electron chi connectivity index (χ0n) is 19.8. The summed E-state index contributed by atoms with van der Waals surface area (Å²) in [5.74, 6) is -1.89. The Morgan fingerprint density at radius 3 is 2.37 bits per heavy atom.